The first-order valence-corrected chi connectivity index (χ1v) is 7.57. The van der Waals surface area contributed by atoms with Crippen LogP contribution in [0.4, 0.5) is 4.39 Å². The van der Waals surface area contributed by atoms with Crippen molar-refractivity contribution < 1.29 is 9.50 Å². The maximum Gasteiger partial charge on any atom is 0.123 e. The fourth-order valence-corrected chi connectivity index (χ4v) is 3.41. The van der Waals surface area contributed by atoms with E-state index < -0.39 is 5.60 Å². The summed E-state index contributed by atoms with van der Waals surface area (Å²) in [6, 6.07) is 12.2. The molecule has 1 fully saturated rings. The lowest BCUT2D eigenvalue weighted by molar-refractivity contribution is -0.0547. The molecule has 1 aromatic heterocycles. The number of nitrogens with zero attached hydrogens (tertiary/aromatic N) is 1. The highest BCUT2D eigenvalue weighted by molar-refractivity contribution is 5.25. The van der Waals surface area contributed by atoms with Gasteiger partial charge in [0.05, 0.1) is 5.60 Å². The Morgan fingerprint density at radius 3 is 2.86 bits per heavy atom. The van der Waals surface area contributed by atoms with Crippen LogP contribution in [0.25, 0.3) is 0 Å². The number of aliphatic hydroxyl groups is 1. The minimum atomic E-state index is -0.947. The molecule has 0 radical (unpaired) electrons. The van der Waals surface area contributed by atoms with Crippen LogP contribution < -0.4 is 0 Å². The summed E-state index contributed by atoms with van der Waals surface area (Å²) in [4.78, 5) is 4.36. The highest BCUT2D eigenvalue weighted by Crippen LogP contribution is 2.43. The van der Waals surface area contributed by atoms with Gasteiger partial charge >= 0.3 is 0 Å². The second-order valence-electron chi connectivity index (χ2n) is 5.90. The first-order valence-electron chi connectivity index (χ1n) is 7.57. The number of hydrogen-bond donors (Lipinski definition) is 1. The number of rotatable bonds is 3. The lowest BCUT2D eigenvalue weighted by atomic mass is 9.69. The van der Waals surface area contributed by atoms with Crippen molar-refractivity contribution in [2.24, 2.45) is 5.92 Å². The quantitative estimate of drug-likeness (QED) is 0.929. The van der Waals surface area contributed by atoms with Gasteiger partial charge in [0, 0.05) is 11.9 Å². The molecule has 0 bridgehead atoms. The van der Waals surface area contributed by atoms with Gasteiger partial charge in [0.2, 0.25) is 0 Å². The number of hydrogen-bond acceptors (Lipinski definition) is 2. The van der Waals surface area contributed by atoms with Crippen molar-refractivity contribution in [3.05, 3.63) is 65.7 Å². The first kappa shape index (κ1) is 14.2. The largest absolute Gasteiger partial charge is 0.385 e. The minimum Gasteiger partial charge on any atom is -0.385 e. The van der Waals surface area contributed by atoms with Gasteiger partial charge in [-0.1, -0.05) is 31.0 Å². The summed E-state index contributed by atoms with van der Waals surface area (Å²) in [5.41, 5.74) is 0.736. The fraction of sp³-hybridized carbons (Fsp3) is 0.389. The molecule has 1 aromatic carbocycles. The molecule has 0 aliphatic heterocycles. The molecule has 1 aliphatic carbocycles. The molecule has 1 saturated carbocycles. The minimum absolute atomic E-state index is 0.0861. The smallest absolute Gasteiger partial charge is 0.123 e. The lowest BCUT2D eigenvalue weighted by Gasteiger charge is -2.40. The van der Waals surface area contributed by atoms with E-state index in [9.17, 15) is 9.50 Å². The molecule has 0 amide bonds. The zero-order valence-electron chi connectivity index (χ0n) is 12.0. The van der Waals surface area contributed by atoms with E-state index in [4.69, 9.17) is 0 Å². The van der Waals surface area contributed by atoms with Crippen LogP contribution in [0.3, 0.4) is 0 Å². The summed E-state index contributed by atoms with van der Waals surface area (Å²) in [7, 11) is 0. The molecule has 3 heteroatoms. The Kier molecular flexibility index (Phi) is 4.02. The normalized spacial score (nSPS) is 25.7. The number of pyridine rings is 1. The van der Waals surface area contributed by atoms with Crippen LogP contribution in [0.1, 0.15) is 36.9 Å². The zero-order chi connectivity index (χ0) is 14.7. The summed E-state index contributed by atoms with van der Waals surface area (Å²) >= 11 is 0. The van der Waals surface area contributed by atoms with Gasteiger partial charge in [0.15, 0.2) is 0 Å². The van der Waals surface area contributed by atoms with E-state index in [-0.39, 0.29) is 11.7 Å². The molecule has 3 rings (SSSR count). The third kappa shape index (κ3) is 2.98. The Hall–Kier alpha value is -1.74. The predicted octanol–water partition coefficient (Wildman–Crippen LogP) is 3.84. The van der Waals surface area contributed by atoms with E-state index in [0.717, 1.165) is 31.4 Å². The number of aromatic nitrogens is 1. The van der Waals surface area contributed by atoms with E-state index in [1.165, 1.54) is 12.1 Å². The predicted molar refractivity (Wildman–Crippen MR) is 80.2 cm³/mol. The van der Waals surface area contributed by atoms with Crippen LogP contribution >= 0.6 is 0 Å². The third-order valence-electron chi connectivity index (χ3n) is 4.54. The van der Waals surface area contributed by atoms with Crippen LogP contribution in [0.5, 0.6) is 0 Å². The molecule has 0 spiro atoms. The fourth-order valence-electron chi connectivity index (χ4n) is 3.41. The van der Waals surface area contributed by atoms with Gasteiger partial charge in [0.25, 0.3) is 0 Å². The van der Waals surface area contributed by atoms with Gasteiger partial charge in [-0.3, -0.25) is 4.98 Å². The van der Waals surface area contributed by atoms with Crippen molar-refractivity contribution in [3.8, 4) is 0 Å². The molecule has 2 aromatic rings. The summed E-state index contributed by atoms with van der Waals surface area (Å²) in [5, 5.41) is 11.2. The van der Waals surface area contributed by atoms with E-state index in [0.29, 0.717) is 12.0 Å². The van der Waals surface area contributed by atoms with Crippen molar-refractivity contribution >= 4 is 0 Å². The summed E-state index contributed by atoms with van der Waals surface area (Å²) in [6.45, 7) is 0. The molecule has 110 valence electrons. The van der Waals surface area contributed by atoms with Gasteiger partial charge in [0.1, 0.15) is 5.82 Å². The van der Waals surface area contributed by atoms with Gasteiger partial charge in [-0.2, -0.15) is 0 Å². The van der Waals surface area contributed by atoms with E-state index in [1.807, 2.05) is 24.3 Å². The Morgan fingerprint density at radius 1 is 1.19 bits per heavy atom. The molecular weight excluding hydrogens is 265 g/mol. The second kappa shape index (κ2) is 5.94. The van der Waals surface area contributed by atoms with Gasteiger partial charge in [-0.25, -0.2) is 4.39 Å². The molecule has 1 heterocycles. The second-order valence-corrected chi connectivity index (χ2v) is 5.90. The average Bonchev–Trinajstić information content (AvgIpc) is 2.51. The van der Waals surface area contributed by atoms with Crippen LogP contribution in [-0.2, 0) is 12.0 Å². The average molecular weight is 285 g/mol. The Morgan fingerprint density at radius 2 is 2.10 bits per heavy atom. The van der Waals surface area contributed by atoms with Crippen LogP contribution in [0.2, 0.25) is 0 Å². The van der Waals surface area contributed by atoms with Crippen molar-refractivity contribution in [1.29, 1.82) is 0 Å². The van der Waals surface area contributed by atoms with E-state index in [2.05, 4.69) is 4.98 Å². The van der Waals surface area contributed by atoms with Gasteiger partial charge in [-0.05, 0) is 55.0 Å². The standard InChI is InChI=1S/C18H20FNO/c19-16-8-5-7-14(12-16)18(21)10-3-1-6-15(18)13-17-9-2-4-11-20-17/h2,4-5,7-9,11-12,15,21H,1,3,6,10,13H2/t15-,18+/m1/s1. The molecule has 2 atom stereocenters. The van der Waals surface area contributed by atoms with E-state index >= 15 is 0 Å². The van der Waals surface area contributed by atoms with Crippen molar-refractivity contribution in [3.63, 3.8) is 0 Å². The van der Waals surface area contributed by atoms with Gasteiger partial charge < -0.3 is 5.11 Å². The van der Waals surface area contributed by atoms with Crippen LogP contribution in [-0.4, -0.2) is 10.1 Å². The topological polar surface area (TPSA) is 33.1 Å². The highest BCUT2D eigenvalue weighted by atomic mass is 19.1. The molecular formula is C18H20FNO. The summed E-state index contributed by atoms with van der Waals surface area (Å²) < 4.78 is 13.5. The molecule has 1 aliphatic rings. The number of halogens is 1. The maximum atomic E-state index is 13.5. The summed E-state index contributed by atoms with van der Waals surface area (Å²) in [5.74, 6) is -0.203. The zero-order valence-corrected chi connectivity index (χ0v) is 12.0. The third-order valence-corrected chi connectivity index (χ3v) is 4.54. The van der Waals surface area contributed by atoms with Crippen molar-refractivity contribution in [1.82, 2.24) is 4.98 Å². The molecule has 21 heavy (non-hydrogen) atoms. The molecule has 2 nitrogen and oxygen atoms in total. The molecule has 0 saturated heterocycles. The Bertz CT molecular complexity index is 601. The number of benzene rings is 1. The van der Waals surface area contributed by atoms with E-state index in [1.54, 1.807) is 12.3 Å². The van der Waals surface area contributed by atoms with Crippen LogP contribution in [0, 0.1) is 11.7 Å². The Balaban J connectivity index is 1.90. The Labute approximate surface area is 124 Å². The highest BCUT2D eigenvalue weighted by Gasteiger charge is 2.40. The maximum absolute atomic E-state index is 13.5. The van der Waals surface area contributed by atoms with Crippen molar-refractivity contribution in [2.75, 3.05) is 0 Å². The van der Waals surface area contributed by atoms with Gasteiger partial charge in [-0.15, -0.1) is 0 Å². The SMILES string of the molecule is O[C@]1(c2cccc(F)c2)CCCC[C@@H]1Cc1ccccn1. The molecule has 0 unspecified atom stereocenters. The molecule has 1 N–H and O–H groups in total. The lowest BCUT2D eigenvalue weighted by Crippen LogP contribution is -2.39. The monoisotopic (exact) mass is 285 g/mol. The first-order chi connectivity index (χ1) is 10.2. The van der Waals surface area contributed by atoms with Crippen molar-refractivity contribution in [2.45, 2.75) is 37.7 Å². The summed E-state index contributed by atoms with van der Waals surface area (Å²) in [6.07, 6.45) is 6.23. The van der Waals surface area contributed by atoms with Crippen LogP contribution in [0.15, 0.2) is 48.7 Å².